The van der Waals surface area contributed by atoms with Crippen LogP contribution >= 0.6 is 12.6 Å². The lowest BCUT2D eigenvalue weighted by atomic mass is 10.1. The molecule has 0 spiro atoms. The van der Waals surface area contributed by atoms with Crippen LogP contribution in [0.25, 0.3) is 0 Å². The maximum atomic E-state index is 10.9. The molecule has 0 aromatic heterocycles. The highest BCUT2D eigenvalue weighted by Crippen LogP contribution is 2.36. The van der Waals surface area contributed by atoms with Gasteiger partial charge in [0.15, 0.2) is 11.5 Å². The number of nitrogens with zero attached hydrogens (tertiary/aromatic N) is 1. The van der Waals surface area contributed by atoms with Crippen LogP contribution in [0.3, 0.4) is 0 Å². The molecule has 0 aliphatic carbocycles. The van der Waals surface area contributed by atoms with Gasteiger partial charge in [-0.25, -0.2) is 0 Å². The zero-order valence-corrected chi connectivity index (χ0v) is 12.4. The number of nitrogens with two attached hydrogens (primary N) is 1. The number of hydrogen-bond acceptors (Lipinski definition) is 6. The second kappa shape index (κ2) is 8.60. The van der Waals surface area contributed by atoms with E-state index in [1.165, 1.54) is 26.4 Å². The molecular formula is C12H20N2O4S. The van der Waals surface area contributed by atoms with Crippen molar-refractivity contribution >= 4 is 18.3 Å². The zero-order valence-electron chi connectivity index (χ0n) is 11.5. The van der Waals surface area contributed by atoms with E-state index in [2.05, 4.69) is 12.6 Å². The summed E-state index contributed by atoms with van der Waals surface area (Å²) in [6, 6.07) is 2.29. The summed E-state index contributed by atoms with van der Waals surface area (Å²) in [4.78, 5) is 10.4. The van der Waals surface area contributed by atoms with E-state index in [0.717, 1.165) is 0 Å². The van der Waals surface area contributed by atoms with Crippen LogP contribution in [0.1, 0.15) is 25.5 Å². The summed E-state index contributed by atoms with van der Waals surface area (Å²) in [6.45, 7) is 4.00. The highest BCUT2D eigenvalue weighted by atomic mass is 32.1. The van der Waals surface area contributed by atoms with E-state index in [1.807, 2.05) is 13.8 Å². The highest BCUT2D eigenvalue weighted by Gasteiger charge is 2.22. The lowest BCUT2D eigenvalue weighted by molar-refractivity contribution is -0.385. The molecule has 0 fully saturated rings. The van der Waals surface area contributed by atoms with Crippen molar-refractivity contribution in [3.8, 4) is 11.5 Å². The van der Waals surface area contributed by atoms with Gasteiger partial charge < -0.3 is 15.2 Å². The fourth-order valence-corrected chi connectivity index (χ4v) is 1.63. The minimum absolute atomic E-state index is 0.0933. The van der Waals surface area contributed by atoms with Crippen LogP contribution in [-0.4, -0.2) is 24.9 Å². The second-order valence-corrected chi connectivity index (χ2v) is 3.68. The number of methoxy groups -OCH3 is 2. The molecule has 0 saturated carbocycles. The van der Waals surface area contributed by atoms with Gasteiger partial charge in [-0.2, -0.15) is 12.6 Å². The Morgan fingerprint density at radius 1 is 1.32 bits per heavy atom. The first-order valence-corrected chi connectivity index (χ1v) is 6.45. The fraction of sp³-hybridized carbons (Fsp3) is 0.500. The number of nitro groups is 1. The first-order valence-electron chi connectivity index (χ1n) is 5.81. The van der Waals surface area contributed by atoms with Gasteiger partial charge in [0.05, 0.1) is 30.8 Å². The van der Waals surface area contributed by atoms with Crippen LogP contribution in [0.5, 0.6) is 11.5 Å². The Balaban J connectivity index is 0.00000154. The predicted molar refractivity (Wildman–Crippen MR) is 78.3 cm³/mol. The third-order valence-corrected chi connectivity index (χ3v) is 2.72. The van der Waals surface area contributed by atoms with Crippen LogP contribution in [0, 0.1) is 10.1 Å². The van der Waals surface area contributed by atoms with Gasteiger partial charge in [0, 0.05) is 11.8 Å². The van der Waals surface area contributed by atoms with Crippen molar-refractivity contribution in [3.63, 3.8) is 0 Å². The van der Waals surface area contributed by atoms with E-state index >= 15 is 0 Å². The lowest BCUT2D eigenvalue weighted by Crippen LogP contribution is -2.14. The van der Waals surface area contributed by atoms with E-state index in [9.17, 15) is 10.1 Å². The second-order valence-electron chi connectivity index (χ2n) is 3.31. The molecule has 1 atom stereocenters. The maximum Gasteiger partial charge on any atom is 0.278 e. The molecule has 0 radical (unpaired) electrons. The molecule has 1 rings (SSSR count). The minimum atomic E-state index is -0.529. The Kier molecular flexibility index (Phi) is 7.94. The molecule has 1 aromatic rings. The van der Waals surface area contributed by atoms with Gasteiger partial charge in [-0.3, -0.25) is 10.1 Å². The van der Waals surface area contributed by atoms with Crippen molar-refractivity contribution in [2.24, 2.45) is 5.73 Å². The molecule has 0 saturated heterocycles. The van der Waals surface area contributed by atoms with Gasteiger partial charge in [-0.05, 0) is 6.07 Å². The molecule has 19 heavy (non-hydrogen) atoms. The number of hydrogen-bond donors (Lipinski definition) is 2. The Morgan fingerprint density at radius 2 is 1.79 bits per heavy atom. The van der Waals surface area contributed by atoms with Crippen molar-refractivity contribution in [2.75, 3.05) is 20.0 Å². The number of rotatable bonds is 5. The maximum absolute atomic E-state index is 10.9. The van der Waals surface area contributed by atoms with Gasteiger partial charge in [0.25, 0.3) is 5.69 Å². The lowest BCUT2D eigenvalue weighted by Gasteiger charge is -2.13. The van der Waals surface area contributed by atoms with Crippen molar-refractivity contribution in [1.29, 1.82) is 0 Å². The molecule has 7 heteroatoms. The summed E-state index contributed by atoms with van der Waals surface area (Å²) >= 11 is 4.04. The van der Waals surface area contributed by atoms with Gasteiger partial charge >= 0.3 is 0 Å². The average Bonchev–Trinajstić information content (AvgIpc) is 2.46. The van der Waals surface area contributed by atoms with Gasteiger partial charge in [0.2, 0.25) is 0 Å². The number of ether oxygens (including phenoxy) is 2. The molecule has 1 unspecified atom stereocenters. The Labute approximate surface area is 118 Å². The van der Waals surface area contributed by atoms with Gasteiger partial charge in [-0.15, -0.1) is 0 Å². The Bertz CT molecular complexity index is 426. The molecule has 6 nitrogen and oxygen atoms in total. The summed E-state index contributed by atoms with van der Waals surface area (Å²) in [5.41, 5.74) is 6.05. The van der Waals surface area contributed by atoms with E-state index in [0.29, 0.717) is 22.8 Å². The molecule has 108 valence electrons. The third-order valence-electron chi connectivity index (χ3n) is 2.33. The van der Waals surface area contributed by atoms with E-state index in [1.54, 1.807) is 0 Å². The first kappa shape index (κ1) is 17.5. The monoisotopic (exact) mass is 288 g/mol. The van der Waals surface area contributed by atoms with Crippen molar-refractivity contribution < 1.29 is 14.4 Å². The molecular weight excluding hydrogens is 268 g/mol. The minimum Gasteiger partial charge on any atom is -0.493 e. The van der Waals surface area contributed by atoms with E-state index in [4.69, 9.17) is 15.2 Å². The van der Waals surface area contributed by atoms with Gasteiger partial charge in [0.1, 0.15) is 0 Å². The van der Waals surface area contributed by atoms with Crippen LogP contribution in [-0.2, 0) is 0 Å². The highest BCUT2D eigenvalue weighted by molar-refractivity contribution is 7.80. The van der Waals surface area contributed by atoms with Crippen LogP contribution in [0.2, 0.25) is 0 Å². The number of nitro benzene ring substituents is 1. The topological polar surface area (TPSA) is 87.6 Å². The summed E-state index contributed by atoms with van der Waals surface area (Å²) in [5.74, 6) is 1.01. The molecule has 0 aliphatic rings. The largest absolute Gasteiger partial charge is 0.493 e. The fourth-order valence-electron chi connectivity index (χ4n) is 1.44. The van der Waals surface area contributed by atoms with Crippen molar-refractivity contribution in [1.82, 2.24) is 0 Å². The van der Waals surface area contributed by atoms with E-state index in [-0.39, 0.29) is 5.69 Å². The van der Waals surface area contributed by atoms with E-state index < -0.39 is 11.0 Å². The summed E-state index contributed by atoms with van der Waals surface area (Å²) in [5, 5.41) is 10.9. The molecule has 2 N–H and O–H groups in total. The number of thiol groups is 1. The molecule has 0 bridgehead atoms. The summed E-state index contributed by atoms with van der Waals surface area (Å²) < 4.78 is 10.1. The quantitative estimate of drug-likeness (QED) is 0.494. The van der Waals surface area contributed by atoms with Crippen LogP contribution < -0.4 is 15.2 Å². The SMILES string of the molecule is CC.COc1cc(C(N)CS)c([N+](=O)[O-])cc1OC. The Morgan fingerprint density at radius 3 is 2.16 bits per heavy atom. The molecule has 0 heterocycles. The van der Waals surface area contributed by atoms with Crippen molar-refractivity contribution in [3.05, 3.63) is 27.8 Å². The molecule has 1 aromatic carbocycles. The van der Waals surface area contributed by atoms with Crippen LogP contribution in [0.4, 0.5) is 5.69 Å². The first-order chi connectivity index (χ1) is 9.04. The molecule has 0 amide bonds. The number of benzene rings is 1. The van der Waals surface area contributed by atoms with Crippen molar-refractivity contribution in [2.45, 2.75) is 19.9 Å². The van der Waals surface area contributed by atoms with Crippen LogP contribution in [0.15, 0.2) is 12.1 Å². The van der Waals surface area contributed by atoms with Gasteiger partial charge in [-0.1, -0.05) is 13.8 Å². The summed E-state index contributed by atoms with van der Waals surface area (Å²) in [7, 11) is 2.87. The predicted octanol–water partition coefficient (Wildman–Crippen LogP) is 2.57. The molecule has 0 aliphatic heterocycles. The average molecular weight is 288 g/mol. The smallest absolute Gasteiger partial charge is 0.278 e. The summed E-state index contributed by atoms with van der Waals surface area (Å²) in [6.07, 6.45) is 0. The normalized spacial score (nSPS) is 11.1. The standard InChI is InChI=1S/C10H14N2O4S.C2H6/c1-15-9-3-6(7(11)5-17)8(12(13)14)4-10(9)16-2;1-2/h3-4,7,17H,5,11H2,1-2H3;1-2H3. The third kappa shape index (κ3) is 4.29. The zero-order chi connectivity index (χ0) is 15.0. The Hall–Kier alpha value is -1.47.